The smallest absolute Gasteiger partial charge is 0.351 e. The molecule has 0 atom stereocenters. The summed E-state index contributed by atoms with van der Waals surface area (Å²) in [5, 5.41) is 5.14. The maximum absolute atomic E-state index is 11.9. The van der Waals surface area contributed by atoms with Gasteiger partial charge in [0.05, 0.1) is 0 Å². The molecular formula is C16H14N2O6. The lowest BCUT2D eigenvalue weighted by atomic mass is 10.2. The molecule has 0 aliphatic heterocycles. The Morgan fingerprint density at radius 1 is 1.21 bits per heavy atom. The van der Waals surface area contributed by atoms with Gasteiger partial charge in [0.15, 0.2) is 6.61 Å². The average molecular weight is 330 g/mol. The number of urea groups is 1. The van der Waals surface area contributed by atoms with Gasteiger partial charge >= 0.3 is 17.6 Å². The van der Waals surface area contributed by atoms with Crippen molar-refractivity contribution in [1.29, 1.82) is 0 Å². The number of fused-ring (bicyclic) bond motifs is 1. The van der Waals surface area contributed by atoms with E-state index in [0.29, 0.717) is 11.0 Å². The summed E-state index contributed by atoms with van der Waals surface area (Å²) in [7, 11) is 0. The lowest BCUT2D eigenvalue weighted by Crippen LogP contribution is -2.42. The Labute approximate surface area is 135 Å². The van der Waals surface area contributed by atoms with Crippen LogP contribution in [-0.4, -0.2) is 30.6 Å². The van der Waals surface area contributed by atoms with Crippen LogP contribution in [0.1, 0.15) is 23.2 Å². The molecule has 3 amide bonds. The van der Waals surface area contributed by atoms with E-state index in [1.807, 2.05) is 5.32 Å². The number of imide groups is 1. The molecule has 1 aromatic heterocycles. The molecule has 1 aromatic carbocycles. The number of carbonyl (C=O) groups is 3. The number of para-hydroxylation sites is 1. The second-order valence-corrected chi connectivity index (χ2v) is 5.36. The van der Waals surface area contributed by atoms with Crippen LogP contribution in [0.5, 0.6) is 0 Å². The quantitative estimate of drug-likeness (QED) is 0.637. The fourth-order valence-electron chi connectivity index (χ4n) is 2.02. The van der Waals surface area contributed by atoms with E-state index in [4.69, 9.17) is 9.15 Å². The third-order valence-corrected chi connectivity index (χ3v) is 3.36. The van der Waals surface area contributed by atoms with Crippen LogP contribution in [0.4, 0.5) is 4.79 Å². The molecular weight excluding hydrogens is 316 g/mol. The van der Waals surface area contributed by atoms with E-state index >= 15 is 0 Å². The first-order chi connectivity index (χ1) is 11.5. The van der Waals surface area contributed by atoms with Crippen molar-refractivity contribution in [3.8, 4) is 0 Å². The third-order valence-electron chi connectivity index (χ3n) is 3.36. The van der Waals surface area contributed by atoms with Crippen LogP contribution >= 0.6 is 0 Å². The Hall–Kier alpha value is -3.16. The maximum Gasteiger partial charge on any atom is 0.351 e. The van der Waals surface area contributed by atoms with Crippen LogP contribution < -0.4 is 16.3 Å². The van der Waals surface area contributed by atoms with E-state index in [1.165, 1.54) is 6.07 Å². The Morgan fingerprint density at radius 2 is 1.96 bits per heavy atom. The zero-order valence-electron chi connectivity index (χ0n) is 12.5. The highest BCUT2D eigenvalue weighted by molar-refractivity contribution is 5.97. The first-order valence-electron chi connectivity index (χ1n) is 7.33. The van der Waals surface area contributed by atoms with E-state index in [-0.39, 0.29) is 11.6 Å². The van der Waals surface area contributed by atoms with Gasteiger partial charge in [0.2, 0.25) is 0 Å². The number of benzene rings is 1. The van der Waals surface area contributed by atoms with Gasteiger partial charge in [-0.05, 0) is 25.0 Å². The lowest BCUT2D eigenvalue weighted by molar-refractivity contribution is -0.123. The van der Waals surface area contributed by atoms with E-state index in [0.717, 1.165) is 12.8 Å². The van der Waals surface area contributed by atoms with E-state index in [1.54, 1.807) is 24.3 Å². The Bertz CT molecular complexity index is 868. The average Bonchev–Trinajstić information content (AvgIpc) is 3.35. The highest BCUT2D eigenvalue weighted by Crippen LogP contribution is 2.18. The van der Waals surface area contributed by atoms with Crippen LogP contribution in [0.15, 0.2) is 39.5 Å². The largest absolute Gasteiger partial charge is 0.452 e. The summed E-state index contributed by atoms with van der Waals surface area (Å²) in [6.07, 6.45) is 1.77. The fraction of sp³-hybridized carbons (Fsp3) is 0.250. The van der Waals surface area contributed by atoms with Gasteiger partial charge < -0.3 is 14.5 Å². The third kappa shape index (κ3) is 3.78. The molecule has 2 N–H and O–H groups in total. The Kier molecular flexibility index (Phi) is 4.28. The van der Waals surface area contributed by atoms with Gasteiger partial charge in [-0.15, -0.1) is 0 Å². The molecule has 2 aromatic rings. The van der Waals surface area contributed by atoms with Crippen molar-refractivity contribution in [2.24, 2.45) is 0 Å². The molecule has 0 unspecified atom stereocenters. The predicted octanol–water partition coefficient (Wildman–Crippen LogP) is 0.938. The fourth-order valence-corrected chi connectivity index (χ4v) is 2.02. The van der Waals surface area contributed by atoms with Gasteiger partial charge in [0.25, 0.3) is 5.91 Å². The van der Waals surface area contributed by atoms with Gasteiger partial charge in [-0.25, -0.2) is 14.4 Å². The van der Waals surface area contributed by atoms with Crippen LogP contribution in [0, 0.1) is 0 Å². The Balaban J connectivity index is 1.60. The van der Waals surface area contributed by atoms with Crippen molar-refractivity contribution in [3.63, 3.8) is 0 Å². The number of carbonyl (C=O) groups excluding carboxylic acids is 3. The highest BCUT2D eigenvalue weighted by atomic mass is 16.5. The SMILES string of the molecule is O=C(COC(=O)c1cc2ccccc2oc1=O)NC(=O)NC1CC1. The second-order valence-electron chi connectivity index (χ2n) is 5.36. The van der Waals surface area contributed by atoms with Crippen LogP contribution in [0.2, 0.25) is 0 Å². The van der Waals surface area contributed by atoms with Crippen molar-refractivity contribution >= 4 is 28.9 Å². The van der Waals surface area contributed by atoms with Crippen LogP contribution in [-0.2, 0) is 9.53 Å². The molecule has 0 bridgehead atoms. The number of amides is 3. The zero-order valence-corrected chi connectivity index (χ0v) is 12.5. The van der Waals surface area contributed by atoms with Gasteiger partial charge in [0.1, 0.15) is 11.1 Å². The van der Waals surface area contributed by atoms with Gasteiger partial charge in [-0.3, -0.25) is 10.1 Å². The van der Waals surface area contributed by atoms with Crippen LogP contribution in [0.25, 0.3) is 11.0 Å². The topological polar surface area (TPSA) is 115 Å². The summed E-state index contributed by atoms with van der Waals surface area (Å²) in [5.41, 5.74) is -0.831. The van der Waals surface area contributed by atoms with E-state index < -0.39 is 30.1 Å². The van der Waals surface area contributed by atoms with Crippen molar-refractivity contribution in [3.05, 3.63) is 46.3 Å². The number of hydrogen-bond acceptors (Lipinski definition) is 6. The van der Waals surface area contributed by atoms with Gasteiger partial charge in [0, 0.05) is 11.4 Å². The molecule has 0 radical (unpaired) electrons. The summed E-state index contributed by atoms with van der Waals surface area (Å²) in [4.78, 5) is 46.6. The molecule has 8 heteroatoms. The molecule has 8 nitrogen and oxygen atoms in total. The number of esters is 1. The Morgan fingerprint density at radius 3 is 2.71 bits per heavy atom. The molecule has 0 saturated heterocycles. The molecule has 1 fully saturated rings. The molecule has 1 aliphatic rings. The minimum absolute atomic E-state index is 0.0996. The molecule has 24 heavy (non-hydrogen) atoms. The number of ether oxygens (including phenoxy) is 1. The molecule has 1 saturated carbocycles. The molecule has 124 valence electrons. The molecule has 1 aliphatic carbocycles. The summed E-state index contributed by atoms with van der Waals surface area (Å²) in [6, 6.07) is 7.48. The maximum atomic E-state index is 11.9. The minimum Gasteiger partial charge on any atom is -0.452 e. The standard InChI is InChI=1S/C16H14N2O6/c19-13(18-16(22)17-10-5-6-10)8-23-14(20)11-7-9-3-1-2-4-12(9)24-15(11)21/h1-4,7,10H,5-6,8H2,(H2,17,18,19,22). The summed E-state index contributed by atoms with van der Waals surface area (Å²) in [5.74, 6) is -1.78. The normalized spacial score (nSPS) is 13.3. The second kappa shape index (κ2) is 6.53. The summed E-state index contributed by atoms with van der Waals surface area (Å²) >= 11 is 0. The number of rotatable bonds is 4. The van der Waals surface area contributed by atoms with Crippen LogP contribution in [0.3, 0.4) is 0 Å². The van der Waals surface area contributed by atoms with E-state index in [9.17, 15) is 19.2 Å². The first kappa shape index (κ1) is 15.7. The lowest BCUT2D eigenvalue weighted by Gasteiger charge is -2.06. The number of hydrogen-bond donors (Lipinski definition) is 2. The number of nitrogens with one attached hydrogen (secondary N) is 2. The minimum atomic E-state index is -0.993. The molecule has 1 heterocycles. The highest BCUT2D eigenvalue weighted by Gasteiger charge is 2.24. The first-order valence-corrected chi connectivity index (χ1v) is 7.33. The monoisotopic (exact) mass is 330 g/mol. The van der Waals surface area contributed by atoms with Crippen molar-refractivity contribution < 1.29 is 23.5 Å². The summed E-state index contributed by atoms with van der Waals surface area (Å²) in [6.45, 7) is -0.677. The molecule has 3 rings (SSSR count). The van der Waals surface area contributed by atoms with Crippen molar-refractivity contribution in [1.82, 2.24) is 10.6 Å². The molecule has 0 spiro atoms. The zero-order chi connectivity index (χ0) is 17.1. The van der Waals surface area contributed by atoms with E-state index in [2.05, 4.69) is 5.32 Å². The van der Waals surface area contributed by atoms with Crippen molar-refractivity contribution in [2.45, 2.75) is 18.9 Å². The van der Waals surface area contributed by atoms with Crippen molar-refractivity contribution in [2.75, 3.05) is 6.61 Å². The predicted molar refractivity (Wildman–Crippen MR) is 82.5 cm³/mol. The summed E-state index contributed by atoms with van der Waals surface area (Å²) < 4.78 is 9.77. The van der Waals surface area contributed by atoms with Gasteiger partial charge in [-0.2, -0.15) is 0 Å². The van der Waals surface area contributed by atoms with Gasteiger partial charge in [-0.1, -0.05) is 18.2 Å².